The highest BCUT2D eigenvalue weighted by Gasteiger charge is 2.22. The summed E-state index contributed by atoms with van der Waals surface area (Å²) in [6, 6.07) is 12.5. The van der Waals surface area contributed by atoms with Crippen LogP contribution in [0.4, 0.5) is 17.5 Å². The van der Waals surface area contributed by atoms with Gasteiger partial charge in [0, 0.05) is 45.5 Å². The van der Waals surface area contributed by atoms with Gasteiger partial charge in [-0.1, -0.05) is 28.1 Å². The lowest BCUT2D eigenvalue weighted by atomic mass is 9.86. The standard InChI is InChI=1S/C24H27Br3N6S/c1-33(2)22-17-5-3-4-6-20(17)30-23(32-22)29-16-9-7-14(8-10-16)13-28-24(34)31-21-18(26)11-15(25)12-19(21)27/h3-6,11-12,14,16H,7-10,13H2,1-2H3,(H2,28,31,34)(H,29,30,32)/t14-,16+. The van der Waals surface area contributed by atoms with E-state index in [2.05, 4.69) is 69.8 Å². The minimum Gasteiger partial charge on any atom is -0.362 e. The number of halogens is 3. The lowest BCUT2D eigenvalue weighted by molar-refractivity contribution is 0.336. The Morgan fingerprint density at radius 3 is 2.38 bits per heavy atom. The summed E-state index contributed by atoms with van der Waals surface area (Å²) in [6.45, 7) is 0.863. The van der Waals surface area contributed by atoms with E-state index in [9.17, 15) is 0 Å². The average molecular weight is 671 g/mol. The molecule has 3 N–H and O–H groups in total. The molecule has 0 unspecified atom stereocenters. The number of aromatic nitrogens is 2. The van der Waals surface area contributed by atoms with Crippen LogP contribution >= 0.6 is 60.0 Å². The van der Waals surface area contributed by atoms with Gasteiger partial charge in [-0.15, -0.1) is 0 Å². The zero-order valence-electron chi connectivity index (χ0n) is 19.0. The summed E-state index contributed by atoms with van der Waals surface area (Å²) in [6.07, 6.45) is 4.44. The number of anilines is 3. The first kappa shape index (κ1) is 25.6. The monoisotopic (exact) mass is 668 g/mol. The van der Waals surface area contributed by atoms with Crippen LogP contribution in [0.2, 0.25) is 0 Å². The van der Waals surface area contributed by atoms with Gasteiger partial charge in [-0.05, 0) is 99.9 Å². The number of para-hydroxylation sites is 1. The van der Waals surface area contributed by atoms with Crippen LogP contribution in [0.25, 0.3) is 10.9 Å². The number of thiocarbonyl (C=S) groups is 1. The minimum atomic E-state index is 0.382. The Balaban J connectivity index is 1.28. The van der Waals surface area contributed by atoms with E-state index in [-0.39, 0.29) is 0 Å². The average Bonchev–Trinajstić information content (AvgIpc) is 2.80. The van der Waals surface area contributed by atoms with E-state index in [4.69, 9.17) is 22.2 Å². The van der Waals surface area contributed by atoms with Gasteiger partial charge in [0.1, 0.15) is 5.82 Å². The molecular weight excluding hydrogens is 644 g/mol. The summed E-state index contributed by atoms with van der Waals surface area (Å²) in [7, 11) is 4.04. The molecule has 1 saturated carbocycles. The maximum Gasteiger partial charge on any atom is 0.225 e. The number of benzene rings is 2. The molecule has 10 heteroatoms. The number of nitrogens with one attached hydrogen (secondary N) is 3. The summed E-state index contributed by atoms with van der Waals surface area (Å²) in [5.74, 6) is 2.24. The number of nitrogens with zero attached hydrogens (tertiary/aromatic N) is 3. The van der Waals surface area contributed by atoms with Gasteiger partial charge in [-0.25, -0.2) is 4.98 Å². The maximum atomic E-state index is 5.53. The number of rotatable bonds is 6. The molecule has 4 rings (SSSR count). The third-order valence-corrected chi connectivity index (χ3v) is 7.94. The van der Waals surface area contributed by atoms with E-state index in [1.54, 1.807) is 0 Å². The van der Waals surface area contributed by atoms with Gasteiger partial charge in [-0.2, -0.15) is 4.98 Å². The Labute approximate surface area is 231 Å². The van der Waals surface area contributed by atoms with Crippen LogP contribution in [0, 0.1) is 5.92 Å². The zero-order valence-corrected chi connectivity index (χ0v) is 24.6. The fraction of sp³-hybridized carbons (Fsp3) is 0.375. The van der Waals surface area contributed by atoms with E-state index < -0.39 is 0 Å². The van der Waals surface area contributed by atoms with Gasteiger partial charge in [-0.3, -0.25) is 0 Å². The molecule has 1 aliphatic rings. The van der Waals surface area contributed by atoms with Gasteiger partial charge in [0.05, 0.1) is 11.2 Å². The fourth-order valence-corrected chi connectivity index (χ4v) is 6.86. The van der Waals surface area contributed by atoms with Crippen molar-refractivity contribution in [2.45, 2.75) is 31.7 Å². The van der Waals surface area contributed by atoms with E-state index in [1.807, 2.05) is 49.3 Å². The van der Waals surface area contributed by atoms with Crippen molar-refractivity contribution in [2.75, 3.05) is 36.2 Å². The van der Waals surface area contributed by atoms with Crippen LogP contribution < -0.4 is 20.9 Å². The van der Waals surface area contributed by atoms with Gasteiger partial charge in [0.2, 0.25) is 5.95 Å². The largest absolute Gasteiger partial charge is 0.362 e. The molecule has 0 saturated heterocycles. The van der Waals surface area contributed by atoms with E-state index >= 15 is 0 Å². The van der Waals surface area contributed by atoms with Crippen molar-refractivity contribution in [2.24, 2.45) is 5.92 Å². The Hall–Kier alpha value is -1.49. The molecule has 34 heavy (non-hydrogen) atoms. The summed E-state index contributed by atoms with van der Waals surface area (Å²) in [5.41, 5.74) is 1.88. The first-order chi connectivity index (χ1) is 16.3. The second kappa shape index (κ2) is 11.5. The van der Waals surface area contributed by atoms with Crippen molar-refractivity contribution >= 4 is 93.5 Å². The van der Waals surface area contributed by atoms with Crippen LogP contribution in [-0.4, -0.2) is 41.8 Å². The lowest BCUT2D eigenvalue weighted by Crippen LogP contribution is -2.36. The molecule has 2 aromatic carbocycles. The smallest absolute Gasteiger partial charge is 0.225 e. The molecule has 1 aliphatic carbocycles. The third kappa shape index (κ3) is 6.38. The Kier molecular flexibility index (Phi) is 8.66. The van der Waals surface area contributed by atoms with Crippen LogP contribution in [0.15, 0.2) is 49.8 Å². The quantitative estimate of drug-likeness (QED) is 0.246. The number of fused-ring (bicyclic) bond motifs is 1. The van der Waals surface area contributed by atoms with E-state index in [1.165, 1.54) is 0 Å². The van der Waals surface area contributed by atoms with E-state index in [0.717, 1.165) is 68.1 Å². The SMILES string of the molecule is CN(C)c1nc(N[C@H]2CC[C@@H](CNC(=S)Nc3c(Br)cc(Br)cc3Br)CC2)nc2ccccc12. The van der Waals surface area contributed by atoms with Crippen LogP contribution in [-0.2, 0) is 0 Å². The molecule has 0 radical (unpaired) electrons. The number of hydrogen-bond donors (Lipinski definition) is 3. The number of hydrogen-bond acceptors (Lipinski definition) is 5. The van der Waals surface area contributed by atoms with Gasteiger partial charge in [0.25, 0.3) is 0 Å². The Morgan fingerprint density at radius 2 is 1.71 bits per heavy atom. The van der Waals surface area contributed by atoms with Crippen molar-refractivity contribution < 1.29 is 0 Å². The van der Waals surface area contributed by atoms with Gasteiger partial charge in [0.15, 0.2) is 5.11 Å². The Morgan fingerprint density at radius 1 is 1.03 bits per heavy atom. The molecule has 0 amide bonds. The normalized spacial score (nSPS) is 17.9. The minimum absolute atomic E-state index is 0.382. The van der Waals surface area contributed by atoms with Crippen LogP contribution in [0.5, 0.6) is 0 Å². The molecule has 1 aromatic heterocycles. The lowest BCUT2D eigenvalue weighted by Gasteiger charge is -2.30. The molecule has 0 bridgehead atoms. The highest BCUT2D eigenvalue weighted by atomic mass is 79.9. The molecule has 0 atom stereocenters. The summed E-state index contributed by atoms with van der Waals surface area (Å²) in [4.78, 5) is 11.6. The maximum absolute atomic E-state index is 5.53. The van der Waals surface area contributed by atoms with Crippen molar-refractivity contribution in [3.8, 4) is 0 Å². The third-order valence-electron chi connectivity index (χ3n) is 5.98. The first-order valence-electron chi connectivity index (χ1n) is 11.2. The van der Waals surface area contributed by atoms with Crippen molar-refractivity contribution in [3.05, 3.63) is 49.8 Å². The van der Waals surface area contributed by atoms with Crippen LogP contribution in [0.3, 0.4) is 0 Å². The van der Waals surface area contributed by atoms with Gasteiger partial charge >= 0.3 is 0 Å². The zero-order chi connectivity index (χ0) is 24.2. The molecule has 1 heterocycles. The van der Waals surface area contributed by atoms with E-state index in [0.29, 0.717) is 23.0 Å². The molecule has 3 aromatic rings. The molecule has 0 aliphatic heterocycles. The van der Waals surface area contributed by atoms with Crippen molar-refractivity contribution in [3.63, 3.8) is 0 Å². The second-order valence-corrected chi connectivity index (χ2v) is 11.8. The molecule has 1 fully saturated rings. The molecule has 0 spiro atoms. The van der Waals surface area contributed by atoms with Gasteiger partial charge < -0.3 is 20.9 Å². The second-order valence-electron chi connectivity index (χ2n) is 8.72. The molecule has 6 nitrogen and oxygen atoms in total. The fourth-order valence-electron chi connectivity index (χ4n) is 4.22. The predicted octanol–water partition coefficient (Wildman–Crippen LogP) is 6.94. The summed E-state index contributed by atoms with van der Waals surface area (Å²) >= 11 is 16.2. The van der Waals surface area contributed by atoms with Crippen molar-refractivity contribution in [1.82, 2.24) is 15.3 Å². The predicted molar refractivity (Wildman–Crippen MR) is 157 cm³/mol. The first-order valence-corrected chi connectivity index (χ1v) is 14.0. The topological polar surface area (TPSA) is 65.1 Å². The van der Waals surface area contributed by atoms with Crippen molar-refractivity contribution in [1.29, 1.82) is 0 Å². The Bertz CT molecular complexity index is 1160. The highest BCUT2D eigenvalue weighted by Crippen LogP contribution is 2.34. The summed E-state index contributed by atoms with van der Waals surface area (Å²) in [5, 5.41) is 12.0. The molecule has 180 valence electrons. The highest BCUT2D eigenvalue weighted by molar-refractivity contribution is 9.11. The molecular formula is C24H27Br3N6S. The summed E-state index contributed by atoms with van der Waals surface area (Å²) < 4.78 is 2.88. The van der Waals surface area contributed by atoms with Crippen LogP contribution in [0.1, 0.15) is 25.7 Å².